The van der Waals surface area contributed by atoms with Crippen LogP contribution in [0.5, 0.6) is 0 Å². The Morgan fingerprint density at radius 3 is 2.35 bits per heavy atom. The molecule has 2 atom stereocenters. The van der Waals surface area contributed by atoms with Crippen LogP contribution in [0.2, 0.25) is 0 Å². The molecule has 2 heterocycles. The summed E-state index contributed by atoms with van der Waals surface area (Å²) < 4.78 is 17.9. The van der Waals surface area contributed by atoms with Gasteiger partial charge in [-0.2, -0.15) is 0 Å². The summed E-state index contributed by atoms with van der Waals surface area (Å²) in [4.78, 5) is 26.9. The van der Waals surface area contributed by atoms with E-state index in [9.17, 15) is 9.59 Å². The molecule has 0 aliphatic carbocycles. The fraction of sp³-hybridized carbons (Fsp3) is 0.652. The van der Waals surface area contributed by atoms with Crippen LogP contribution in [0.15, 0.2) is 24.3 Å². The molecule has 2 aliphatic heterocycles. The van der Waals surface area contributed by atoms with Gasteiger partial charge in [0.15, 0.2) is 5.78 Å². The van der Waals surface area contributed by atoms with Gasteiger partial charge >= 0.3 is 7.12 Å². The molecule has 1 aromatic rings. The number of amides is 1. The summed E-state index contributed by atoms with van der Waals surface area (Å²) in [6.07, 6.45) is 0.898. The maximum absolute atomic E-state index is 12.8. The van der Waals surface area contributed by atoms with Crippen LogP contribution in [0.4, 0.5) is 0 Å². The zero-order valence-electron chi connectivity index (χ0n) is 19.3. The van der Waals surface area contributed by atoms with E-state index in [4.69, 9.17) is 19.8 Å². The second-order valence-corrected chi connectivity index (χ2v) is 9.78. The number of ether oxygens (including phenoxy) is 1. The van der Waals surface area contributed by atoms with Gasteiger partial charge in [0.25, 0.3) is 0 Å². The molecule has 0 spiro atoms. The molecule has 31 heavy (non-hydrogen) atoms. The summed E-state index contributed by atoms with van der Waals surface area (Å²) in [5.41, 5.74) is 6.69. The SMILES string of the molecule is CN1CCCO[C@H](C(=O)C[C@@H](Cc2ccc(B3OC(C)(C)C(C)(C)O3)cc2)C(N)=O)C1. The largest absolute Gasteiger partial charge is 0.494 e. The van der Waals surface area contributed by atoms with E-state index in [-0.39, 0.29) is 12.2 Å². The van der Waals surface area contributed by atoms with Gasteiger partial charge in [-0.1, -0.05) is 24.3 Å². The average molecular weight is 430 g/mol. The molecule has 2 saturated heterocycles. The molecule has 1 amide bonds. The third-order valence-electron chi connectivity index (χ3n) is 6.68. The molecule has 3 rings (SSSR count). The van der Waals surface area contributed by atoms with Crippen LogP contribution in [0.25, 0.3) is 0 Å². The average Bonchev–Trinajstić information content (AvgIpc) is 2.82. The van der Waals surface area contributed by atoms with Crippen molar-refractivity contribution in [1.29, 1.82) is 0 Å². The van der Waals surface area contributed by atoms with Gasteiger partial charge in [0.2, 0.25) is 5.91 Å². The second kappa shape index (κ2) is 9.41. The van der Waals surface area contributed by atoms with Gasteiger partial charge in [-0.05, 0) is 58.6 Å². The van der Waals surface area contributed by atoms with Gasteiger partial charge in [-0.3, -0.25) is 9.59 Å². The number of Topliss-reactive ketones (excluding diaryl/α,β-unsaturated/α-hetero) is 1. The highest BCUT2D eigenvalue weighted by Crippen LogP contribution is 2.36. The number of ketones is 1. The second-order valence-electron chi connectivity index (χ2n) is 9.78. The molecule has 0 radical (unpaired) electrons. The fourth-order valence-electron chi connectivity index (χ4n) is 3.90. The van der Waals surface area contributed by atoms with Gasteiger partial charge in [0.1, 0.15) is 6.10 Å². The first kappa shape index (κ1) is 23.9. The van der Waals surface area contributed by atoms with E-state index in [0.29, 0.717) is 19.6 Å². The minimum Gasteiger partial charge on any atom is -0.399 e. The third-order valence-corrected chi connectivity index (χ3v) is 6.68. The van der Waals surface area contributed by atoms with E-state index < -0.39 is 36.2 Å². The Morgan fingerprint density at radius 2 is 1.77 bits per heavy atom. The lowest BCUT2D eigenvalue weighted by atomic mass is 9.78. The number of likely N-dealkylation sites (N-methyl/N-ethyl adjacent to an activating group) is 1. The first-order valence-electron chi connectivity index (χ1n) is 11.0. The van der Waals surface area contributed by atoms with Gasteiger partial charge < -0.3 is 24.7 Å². The first-order chi connectivity index (χ1) is 14.5. The van der Waals surface area contributed by atoms with Crippen molar-refractivity contribution in [3.05, 3.63) is 29.8 Å². The van der Waals surface area contributed by atoms with E-state index in [0.717, 1.165) is 24.0 Å². The van der Waals surface area contributed by atoms with Crippen LogP contribution >= 0.6 is 0 Å². The van der Waals surface area contributed by atoms with Gasteiger partial charge in [-0.25, -0.2) is 0 Å². The quantitative estimate of drug-likeness (QED) is 0.656. The maximum Gasteiger partial charge on any atom is 0.494 e. The van der Waals surface area contributed by atoms with Crippen molar-refractivity contribution in [3.8, 4) is 0 Å². The molecule has 0 aromatic heterocycles. The van der Waals surface area contributed by atoms with Crippen molar-refractivity contribution in [2.75, 3.05) is 26.7 Å². The highest BCUT2D eigenvalue weighted by atomic mass is 16.7. The molecule has 0 bridgehead atoms. The molecule has 2 fully saturated rings. The molecular weight excluding hydrogens is 395 g/mol. The number of primary amides is 1. The summed E-state index contributed by atoms with van der Waals surface area (Å²) >= 11 is 0. The van der Waals surface area contributed by atoms with E-state index >= 15 is 0 Å². The zero-order chi connectivity index (χ0) is 22.8. The molecule has 2 N–H and O–H groups in total. The Hall–Kier alpha value is -1.74. The van der Waals surface area contributed by atoms with Crippen LogP contribution in [0, 0.1) is 5.92 Å². The first-order valence-corrected chi connectivity index (χ1v) is 11.0. The number of benzene rings is 1. The Labute approximate surface area is 185 Å². The van der Waals surface area contributed by atoms with Crippen molar-refractivity contribution in [2.45, 2.75) is 64.3 Å². The monoisotopic (exact) mass is 430 g/mol. The van der Waals surface area contributed by atoms with Crippen molar-refractivity contribution < 1.29 is 23.6 Å². The molecule has 0 saturated carbocycles. The molecule has 2 aliphatic rings. The number of nitrogens with zero attached hydrogens (tertiary/aromatic N) is 1. The van der Waals surface area contributed by atoms with Gasteiger partial charge in [0, 0.05) is 32.0 Å². The Morgan fingerprint density at radius 1 is 1.16 bits per heavy atom. The molecule has 7 nitrogen and oxygen atoms in total. The fourth-order valence-corrected chi connectivity index (χ4v) is 3.90. The maximum atomic E-state index is 12.8. The number of nitrogens with two attached hydrogens (primary N) is 1. The zero-order valence-corrected chi connectivity index (χ0v) is 19.3. The van der Waals surface area contributed by atoms with Crippen molar-refractivity contribution in [1.82, 2.24) is 4.90 Å². The topological polar surface area (TPSA) is 91.1 Å². The lowest BCUT2D eigenvalue weighted by Crippen LogP contribution is -2.41. The minimum absolute atomic E-state index is 0.0635. The molecule has 0 unspecified atom stereocenters. The summed E-state index contributed by atoms with van der Waals surface area (Å²) in [5.74, 6) is -1.09. The van der Waals surface area contributed by atoms with E-state index in [2.05, 4.69) is 4.90 Å². The highest BCUT2D eigenvalue weighted by Gasteiger charge is 2.51. The summed E-state index contributed by atoms with van der Waals surface area (Å²) in [5, 5.41) is 0. The number of rotatable bonds is 7. The van der Waals surface area contributed by atoms with Crippen LogP contribution in [-0.4, -0.2) is 67.8 Å². The van der Waals surface area contributed by atoms with Crippen molar-refractivity contribution >= 4 is 24.3 Å². The molecular formula is C23H35BN2O5. The number of hydrogen-bond donors (Lipinski definition) is 1. The van der Waals surface area contributed by atoms with Gasteiger partial charge in [-0.15, -0.1) is 0 Å². The van der Waals surface area contributed by atoms with Crippen LogP contribution in [0.3, 0.4) is 0 Å². The Bertz CT molecular complexity index is 780. The molecule has 8 heteroatoms. The Kier molecular flexibility index (Phi) is 7.26. The number of carbonyl (C=O) groups excluding carboxylic acids is 2. The summed E-state index contributed by atoms with van der Waals surface area (Å²) in [6.45, 7) is 10.1. The Balaban J connectivity index is 1.63. The lowest BCUT2D eigenvalue weighted by Gasteiger charge is -2.32. The standard InChI is InChI=1S/C23H35BN2O5/c1-22(2)23(3,4)31-24(30-22)18-9-7-16(8-10-18)13-17(21(25)28)14-19(27)20-15-26(5)11-6-12-29-20/h7-10,17,20H,6,11-15H2,1-5H3,(H2,25,28)/t17-,20+/m1/s1. The van der Waals surface area contributed by atoms with E-state index in [1.807, 2.05) is 59.0 Å². The van der Waals surface area contributed by atoms with Crippen LogP contribution in [-0.2, 0) is 30.1 Å². The predicted octanol–water partition coefficient (Wildman–Crippen LogP) is 1.31. The normalized spacial score (nSPS) is 24.5. The highest BCUT2D eigenvalue weighted by molar-refractivity contribution is 6.62. The van der Waals surface area contributed by atoms with E-state index in [1.165, 1.54) is 0 Å². The minimum atomic E-state index is -0.563. The number of hydrogen-bond acceptors (Lipinski definition) is 6. The summed E-state index contributed by atoms with van der Waals surface area (Å²) in [6, 6.07) is 7.77. The van der Waals surface area contributed by atoms with Crippen molar-refractivity contribution in [2.24, 2.45) is 11.7 Å². The van der Waals surface area contributed by atoms with Crippen LogP contribution in [0.1, 0.15) is 46.1 Å². The summed E-state index contributed by atoms with van der Waals surface area (Å²) in [7, 11) is 1.54. The third kappa shape index (κ3) is 5.74. The van der Waals surface area contributed by atoms with E-state index in [1.54, 1.807) is 0 Å². The van der Waals surface area contributed by atoms with Crippen LogP contribution < -0.4 is 11.2 Å². The lowest BCUT2D eigenvalue weighted by molar-refractivity contribution is -0.134. The number of carbonyl (C=O) groups is 2. The molecule has 170 valence electrons. The predicted molar refractivity (Wildman–Crippen MR) is 120 cm³/mol. The van der Waals surface area contributed by atoms with Crippen molar-refractivity contribution in [3.63, 3.8) is 0 Å². The van der Waals surface area contributed by atoms with Gasteiger partial charge in [0.05, 0.1) is 11.2 Å². The smallest absolute Gasteiger partial charge is 0.399 e. The molecule has 1 aromatic carbocycles.